The Hall–Kier alpha value is -1.85. The summed E-state index contributed by atoms with van der Waals surface area (Å²) >= 11 is 6.22. The van der Waals surface area contributed by atoms with Crippen LogP contribution in [0.25, 0.3) is 11.4 Å². The molecule has 2 rings (SSSR count). The molecule has 6 heteroatoms. The molecule has 0 aliphatic carbocycles. The summed E-state index contributed by atoms with van der Waals surface area (Å²) in [6.45, 7) is 2.01. The number of aromatic nitrogens is 2. The van der Waals surface area contributed by atoms with E-state index in [0.29, 0.717) is 28.0 Å². The highest BCUT2D eigenvalue weighted by Crippen LogP contribution is 2.34. The summed E-state index contributed by atoms with van der Waals surface area (Å²) in [5.41, 5.74) is 4.07. The molecule has 0 bridgehead atoms. The summed E-state index contributed by atoms with van der Waals surface area (Å²) in [6, 6.07) is 7.21. The number of ether oxygens (including phenoxy) is 1. The van der Waals surface area contributed by atoms with Crippen LogP contribution in [-0.4, -0.2) is 17.1 Å². The van der Waals surface area contributed by atoms with Gasteiger partial charge >= 0.3 is 0 Å². The number of nitrogen functional groups attached to an aromatic ring is 1. The second-order valence-electron chi connectivity index (χ2n) is 3.88. The first kappa shape index (κ1) is 13.6. The van der Waals surface area contributed by atoms with E-state index in [4.69, 9.17) is 22.2 Å². The van der Waals surface area contributed by atoms with Crippen molar-refractivity contribution in [3.8, 4) is 17.1 Å². The fourth-order valence-electron chi connectivity index (χ4n) is 1.76. The van der Waals surface area contributed by atoms with Crippen molar-refractivity contribution in [2.45, 2.75) is 13.3 Å². The molecular weight excluding hydrogens is 264 g/mol. The summed E-state index contributed by atoms with van der Waals surface area (Å²) in [5.74, 6) is 7.09. The third-order valence-corrected chi connectivity index (χ3v) is 3.02. The number of nitrogens with one attached hydrogen (secondary N) is 1. The molecular formula is C13H15ClN4O. The molecule has 0 aliphatic rings. The fourth-order valence-corrected chi connectivity index (χ4v) is 2.01. The van der Waals surface area contributed by atoms with Crippen LogP contribution in [0, 0.1) is 0 Å². The van der Waals surface area contributed by atoms with Crippen LogP contribution in [0.1, 0.15) is 12.6 Å². The van der Waals surface area contributed by atoms with E-state index in [2.05, 4.69) is 15.4 Å². The summed E-state index contributed by atoms with van der Waals surface area (Å²) in [6.07, 6.45) is 0.775. The number of nitrogens with two attached hydrogens (primary N) is 1. The maximum atomic E-state index is 6.22. The highest BCUT2D eigenvalue weighted by Gasteiger charge is 2.14. The molecule has 3 N–H and O–H groups in total. The van der Waals surface area contributed by atoms with Crippen LogP contribution >= 0.6 is 11.6 Å². The second kappa shape index (κ2) is 5.86. The van der Waals surface area contributed by atoms with E-state index in [1.807, 2.05) is 19.1 Å². The van der Waals surface area contributed by atoms with E-state index >= 15 is 0 Å². The second-order valence-corrected chi connectivity index (χ2v) is 4.29. The average Bonchev–Trinajstić information content (AvgIpc) is 2.46. The number of nitrogens with zero attached hydrogens (tertiary/aromatic N) is 2. The SMILES string of the molecule is CCc1cc(NN)nc(-c2c(Cl)cccc2OC)n1. The van der Waals surface area contributed by atoms with Crippen molar-refractivity contribution in [3.63, 3.8) is 0 Å². The molecule has 0 amide bonds. The molecule has 0 atom stereocenters. The first-order chi connectivity index (χ1) is 9.19. The number of rotatable bonds is 4. The molecule has 0 unspecified atom stereocenters. The van der Waals surface area contributed by atoms with Gasteiger partial charge in [0.25, 0.3) is 0 Å². The van der Waals surface area contributed by atoms with Crippen molar-refractivity contribution >= 4 is 17.4 Å². The Morgan fingerprint density at radius 1 is 1.37 bits per heavy atom. The van der Waals surface area contributed by atoms with Gasteiger partial charge in [-0.25, -0.2) is 15.8 Å². The molecule has 19 heavy (non-hydrogen) atoms. The van der Waals surface area contributed by atoms with Gasteiger partial charge in [0.2, 0.25) is 0 Å². The van der Waals surface area contributed by atoms with Gasteiger partial charge in [0, 0.05) is 11.8 Å². The van der Waals surface area contributed by atoms with Gasteiger partial charge in [-0.3, -0.25) is 0 Å². The van der Waals surface area contributed by atoms with Crippen LogP contribution in [0.2, 0.25) is 5.02 Å². The van der Waals surface area contributed by atoms with E-state index in [1.54, 1.807) is 19.2 Å². The zero-order valence-electron chi connectivity index (χ0n) is 10.8. The van der Waals surface area contributed by atoms with Crippen LogP contribution in [-0.2, 0) is 6.42 Å². The normalized spacial score (nSPS) is 10.3. The molecule has 1 aromatic heterocycles. The Morgan fingerprint density at radius 3 is 2.79 bits per heavy atom. The average molecular weight is 279 g/mol. The van der Waals surface area contributed by atoms with Crippen molar-refractivity contribution in [2.75, 3.05) is 12.5 Å². The number of anilines is 1. The molecule has 0 radical (unpaired) electrons. The molecule has 0 fully saturated rings. The molecule has 0 aliphatic heterocycles. The summed E-state index contributed by atoms with van der Waals surface area (Å²) in [4.78, 5) is 8.80. The maximum Gasteiger partial charge on any atom is 0.167 e. The number of halogens is 1. The van der Waals surface area contributed by atoms with E-state index in [9.17, 15) is 0 Å². The lowest BCUT2D eigenvalue weighted by Crippen LogP contribution is -2.10. The van der Waals surface area contributed by atoms with Crippen LogP contribution < -0.4 is 16.0 Å². The van der Waals surface area contributed by atoms with Gasteiger partial charge in [0.15, 0.2) is 5.82 Å². The molecule has 0 spiro atoms. The van der Waals surface area contributed by atoms with E-state index in [1.165, 1.54) is 0 Å². The van der Waals surface area contributed by atoms with Crippen molar-refractivity contribution in [3.05, 3.63) is 35.0 Å². The quantitative estimate of drug-likeness (QED) is 0.664. The lowest BCUT2D eigenvalue weighted by Gasteiger charge is -2.11. The third-order valence-electron chi connectivity index (χ3n) is 2.71. The standard InChI is InChI=1S/C13H15ClN4O/c1-3-8-7-11(18-15)17-13(16-8)12-9(14)5-4-6-10(12)19-2/h4-7H,3,15H2,1-2H3,(H,16,17,18). The van der Waals surface area contributed by atoms with Crippen LogP contribution in [0.15, 0.2) is 24.3 Å². The largest absolute Gasteiger partial charge is 0.496 e. The zero-order valence-corrected chi connectivity index (χ0v) is 11.5. The Labute approximate surface area is 116 Å². The number of aryl methyl sites for hydroxylation is 1. The number of hydrazine groups is 1. The predicted molar refractivity (Wildman–Crippen MR) is 76.2 cm³/mol. The molecule has 0 saturated heterocycles. The Balaban J connectivity index is 2.64. The van der Waals surface area contributed by atoms with Gasteiger partial charge in [-0.05, 0) is 18.6 Å². The highest BCUT2D eigenvalue weighted by atomic mass is 35.5. The fraction of sp³-hybridized carbons (Fsp3) is 0.231. The first-order valence-electron chi connectivity index (χ1n) is 5.87. The molecule has 2 aromatic rings. The maximum absolute atomic E-state index is 6.22. The van der Waals surface area contributed by atoms with Gasteiger partial charge in [0.1, 0.15) is 11.6 Å². The molecule has 1 aromatic carbocycles. The molecule has 5 nitrogen and oxygen atoms in total. The smallest absolute Gasteiger partial charge is 0.167 e. The Bertz CT molecular complexity index is 567. The lowest BCUT2D eigenvalue weighted by molar-refractivity contribution is 0.416. The number of hydrogen-bond acceptors (Lipinski definition) is 5. The first-order valence-corrected chi connectivity index (χ1v) is 6.24. The zero-order chi connectivity index (χ0) is 13.8. The Kier molecular flexibility index (Phi) is 4.19. The molecule has 1 heterocycles. The lowest BCUT2D eigenvalue weighted by atomic mass is 10.1. The van der Waals surface area contributed by atoms with Gasteiger partial charge in [0.05, 0.1) is 17.7 Å². The molecule has 100 valence electrons. The van der Waals surface area contributed by atoms with E-state index in [-0.39, 0.29) is 0 Å². The minimum atomic E-state index is 0.495. The van der Waals surface area contributed by atoms with Crippen LogP contribution in [0.3, 0.4) is 0 Å². The van der Waals surface area contributed by atoms with Crippen molar-refractivity contribution in [2.24, 2.45) is 5.84 Å². The third kappa shape index (κ3) is 2.77. The van der Waals surface area contributed by atoms with Gasteiger partial charge in [-0.2, -0.15) is 0 Å². The number of hydrogen-bond donors (Lipinski definition) is 2. The van der Waals surface area contributed by atoms with E-state index in [0.717, 1.165) is 12.1 Å². The minimum absolute atomic E-state index is 0.495. The summed E-state index contributed by atoms with van der Waals surface area (Å²) in [7, 11) is 1.58. The number of benzene rings is 1. The topological polar surface area (TPSA) is 73.1 Å². The highest BCUT2D eigenvalue weighted by molar-refractivity contribution is 6.33. The monoisotopic (exact) mass is 278 g/mol. The summed E-state index contributed by atoms with van der Waals surface area (Å²) < 4.78 is 5.31. The predicted octanol–water partition coefficient (Wildman–Crippen LogP) is 2.65. The minimum Gasteiger partial charge on any atom is -0.496 e. The Morgan fingerprint density at radius 2 is 2.16 bits per heavy atom. The van der Waals surface area contributed by atoms with Gasteiger partial charge in [-0.1, -0.05) is 24.6 Å². The molecule has 0 saturated carbocycles. The number of methoxy groups -OCH3 is 1. The van der Waals surface area contributed by atoms with Gasteiger partial charge < -0.3 is 10.2 Å². The van der Waals surface area contributed by atoms with Crippen molar-refractivity contribution in [1.82, 2.24) is 9.97 Å². The van der Waals surface area contributed by atoms with Crippen molar-refractivity contribution < 1.29 is 4.74 Å². The van der Waals surface area contributed by atoms with Crippen molar-refractivity contribution in [1.29, 1.82) is 0 Å². The van der Waals surface area contributed by atoms with E-state index < -0.39 is 0 Å². The van der Waals surface area contributed by atoms with Crippen LogP contribution in [0.5, 0.6) is 5.75 Å². The summed E-state index contributed by atoms with van der Waals surface area (Å²) in [5, 5.41) is 0.538. The van der Waals surface area contributed by atoms with Gasteiger partial charge in [-0.15, -0.1) is 0 Å². The van der Waals surface area contributed by atoms with Crippen LogP contribution in [0.4, 0.5) is 5.82 Å².